The van der Waals surface area contributed by atoms with Crippen molar-refractivity contribution < 1.29 is 24.1 Å². The Morgan fingerprint density at radius 1 is 1.52 bits per heavy atom. The second-order valence-corrected chi connectivity index (χ2v) is 4.85. The zero-order chi connectivity index (χ0) is 15.1. The maximum Gasteiger partial charge on any atom is 0.246 e. The molecule has 1 aliphatic rings. The van der Waals surface area contributed by atoms with E-state index in [-0.39, 0.29) is 16.8 Å². The first-order chi connectivity index (χ1) is 10.1. The van der Waals surface area contributed by atoms with Crippen molar-refractivity contribution in [1.82, 2.24) is 19.5 Å². The van der Waals surface area contributed by atoms with E-state index in [0.29, 0.717) is 5.52 Å². The van der Waals surface area contributed by atoms with E-state index in [2.05, 4.69) is 15.0 Å². The molecule has 0 saturated carbocycles. The fourth-order valence-corrected chi connectivity index (χ4v) is 2.43. The van der Waals surface area contributed by atoms with E-state index in [1.54, 1.807) is 0 Å². The van der Waals surface area contributed by atoms with E-state index >= 15 is 0 Å². The fraction of sp³-hybridized carbons (Fsp3) is 0.545. The van der Waals surface area contributed by atoms with E-state index in [0.717, 1.165) is 0 Å². The van der Waals surface area contributed by atoms with Crippen LogP contribution in [0.1, 0.15) is 6.23 Å². The summed E-state index contributed by atoms with van der Waals surface area (Å²) in [4.78, 5) is 11.9. The van der Waals surface area contributed by atoms with Crippen molar-refractivity contribution in [2.45, 2.75) is 24.6 Å². The highest BCUT2D eigenvalue weighted by Crippen LogP contribution is 2.34. The molecule has 2 N–H and O–H groups in total. The molecule has 0 bridgehead atoms. The Labute approximate surface area is 123 Å². The minimum Gasteiger partial charge on any atom is -0.479 e. The van der Waals surface area contributed by atoms with Gasteiger partial charge in [0.05, 0.1) is 20.0 Å². The molecule has 3 heterocycles. The van der Waals surface area contributed by atoms with Gasteiger partial charge < -0.3 is 19.7 Å². The van der Waals surface area contributed by atoms with Crippen molar-refractivity contribution in [3.63, 3.8) is 0 Å². The molecule has 1 unspecified atom stereocenters. The Bertz CT molecular complexity index is 669. The Morgan fingerprint density at radius 2 is 2.29 bits per heavy atom. The molecule has 3 rings (SSSR count). The Kier molecular flexibility index (Phi) is 3.66. The lowest BCUT2D eigenvalue weighted by Crippen LogP contribution is -2.30. The van der Waals surface area contributed by atoms with Gasteiger partial charge in [0.25, 0.3) is 0 Å². The van der Waals surface area contributed by atoms with Crippen molar-refractivity contribution >= 4 is 22.8 Å². The first kappa shape index (κ1) is 14.4. The summed E-state index contributed by atoms with van der Waals surface area (Å²) >= 11 is 5.79. The highest BCUT2D eigenvalue weighted by molar-refractivity contribution is 6.28. The van der Waals surface area contributed by atoms with Crippen LogP contribution in [0.5, 0.6) is 5.88 Å². The van der Waals surface area contributed by atoms with Gasteiger partial charge in [0.1, 0.15) is 12.2 Å². The second kappa shape index (κ2) is 5.34. The summed E-state index contributed by atoms with van der Waals surface area (Å²) < 4.78 is 25.8. The number of methoxy groups -OCH3 is 1. The van der Waals surface area contributed by atoms with E-state index in [4.69, 9.17) is 26.2 Å². The number of hydrogen-bond acceptors (Lipinski definition) is 7. The van der Waals surface area contributed by atoms with Crippen LogP contribution >= 0.6 is 11.6 Å². The van der Waals surface area contributed by atoms with Gasteiger partial charge in [0.2, 0.25) is 11.2 Å². The highest BCUT2D eigenvalue weighted by Gasteiger charge is 2.45. The molecule has 0 amide bonds. The number of hydrogen-bond donors (Lipinski definition) is 2. The van der Waals surface area contributed by atoms with Gasteiger partial charge in [0, 0.05) is 0 Å². The average Bonchev–Trinajstić information content (AvgIpc) is 3.01. The number of aliphatic hydroxyl groups is 2. The summed E-state index contributed by atoms with van der Waals surface area (Å²) in [6, 6.07) is 0. The van der Waals surface area contributed by atoms with Crippen LogP contribution in [0.25, 0.3) is 11.2 Å². The smallest absolute Gasteiger partial charge is 0.246 e. The number of ether oxygens (including phenoxy) is 2. The number of rotatable bonds is 3. The Balaban J connectivity index is 2.07. The lowest BCUT2D eigenvalue weighted by molar-refractivity contribution is -0.0459. The van der Waals surface area contributed by atoms with Gasteiger partial charge in [-0.1, -0.05) is 0 Å². The topological polar surface area (TPSA) is 103 Å². The molecule has 0 aliphatic carbocycles. The molecule has 1 saturated heterocycles. The van der Waals surface area contributed by atoms with E-state index in [1.807, 2.05) is 0 Å². The molecule has 2 aromatic heterocycles. The van der Waals surface area contributed by atoms with Crippen LogP contribution in [0.4, 0.5) is 4.39 Å². The van der Waals surface area contributed by atoms with Crippen molar-refractivity contribution in [3.05, 3.63) is 11.6 Å². The third-order valence-electron chi connectivity index (χ3n) is 3.30. The monoisotopic (exact) mass is 318 g/mol. The van der Waals surface area contributed by atoms with Crippen molar-refractivity contribution in [2.24, 2.45) is 0 Å². The molecule has 1 aliphatic heterocycles. The minimum absolute atomic E-state index is 0.0891. The summed E-state index contributed by atoms with van der Waals surface area (Å²) in [5.41, 5.74) is 0.505. The number of halogens is 2. The van der Waals surface area contributed by atoms with Crippen molar-refractivity contribution in [2.75, 3.05) is 13.7 Å². The molecule has 10 heteroatoms. The Morgan fingerprint density at radius 3 is 2.90 bits per heavy atom. The van der Waals surface area contributed by atoms with Crippen LogP contribution in [0.3, 0.4) is 0 Å². The largest absolute Gasteiger partial charge is 0.479 e. The molecule has 0 spiro atoms. The predicted molar refractivity (Wildman–Crippen MR) is 68.8 cm³/mol. The van der Waals surface area contributed by atoms with Gasteiger partial charge in [-0.15, -0.1) is 0 Å². The summed E-state index contributed by atoms with van der Waals surface area (Å²) in [5, 5.41) is 18.7. The van der Waals surface area contributed by atoms with E-state index < -0.39 is 31.2 Å². The van der Waals surface area contributed by atoms with Crippen LogP contribution in [0, 0.1) is 0 Å². The van der Waals surface area contributed by atoms with E-state index in [1.165, 1.54) is 18.0 Å². The van der Waals surface area contributed by atoms with Crippen molar-refractivity contribution in [3.8, 4) is 5.88 Å². The molecule has 4 atom stereocenters. The van der Waals surface area contributed by atoms with Gasteiger partial charge >= 0.3 is 0 Å². The molecular formula is C11H12ClFN4O4. The second-order valence-electron chi connectivity index (χ2n) is 4.51. The quantitative estimate of drug-likeness (QED) is 0.772. The normalized spacial score (nSPS) is 29.2. The van der Waals surface area contributed by atoms with Crippen molar-refractivity contribution in [1.29, 1.82) is 0 Å². The maximum absolute atomic E-state index is 14.2. The molecule has 0 radical (unpaired) electrons. The third-order valence-corrected chi connectivity index (χ3v) is 3.47. The molecule has 114 valence electrons. The summed E-state index contributed by atoms with van der Waals surface area (Å²) in [6.45, 7) is -0.496. The number of imidazole rings is 1. The molecule has 2 aromatic rings. The number of alkyl halides is 1. The standard InChI is InChI=1S/C11H12ClFN4O4/c1-20-9-6-8(15-11(12)16-9)17(3-14-6)10-5(13)7(19)4(2-18)21-10/h3-5,7,10,18-19H,2H2,1H3/t4-,5-,7?,10-/m1/s1. The lowest BCUT2D eigenvalue weighted by Gasteiger charge is -2.15. The highest BCUT2D eigenvalue weighted by atomic mass is 35.5. The fourth-order valence-electron chi connectivity index (χ4n) is 2.27. The molecule has 21 heavy (non-hydrogen) atoms. The molecule has 1 fully saturated rings. The first-order valence-electron chi connectivity index (χ1n) is 6.09. The maximum atomic E-state index is 14.2. The van der Waals surface area contributed by atoms with E-state index in [9.17, 15) is 9.50 Å². The predicted octanol–water partition coefficient (Wildman–Crippen LogP) is 0.0770. The van der Waals surface area contributed by atoms with Gasteiger partial charge in [-0.05, 0) is 11.6 Å². The van der Waals surface area contributed by atoms with Crippen LogP contribution in [-0.2, 0) is 4.74 Å². The minimum atomic E-state index is -1.74. The number of nitrogens with zero attached hydrogens (tertiary/aromatic N) is 4. The number of aromatic nitrogens is 4. The van der Waals surface area contributed by atoms with Crippen LogP contribution in [0.2, 0.25) is 5.28 Å². The van der Waals surface area contributed by atoms with Crippen LogP contribution < -0.4 is 4.74 Å². The third kappa shape index (κ3) is 2.22. The van der Waals surface area contributed by atoms with Crippen LogP contribution in [0.15, 0.2) is 6.33 Å². The zero-order valence-corrected chi connectivity index (χ0v) is 11.6. The lowest BCUT2D eigenvalue weighted by atomic mass is 10.1. The molecule has 0 aromatic carbocycles. The molecular weight excluding hydrogens is 307 g/mol. The summed E-state index contributed by atoms with van der Waals surface area (Å²) in [6.07, 6.45) is -4.06. The average molecular weight is 319 g/mol. The first-order valence-corrected chi connectivity index (χ1v) is 6.47. The zero-order valence-electron chi connectivity index (χ0n) is 10.8. The van der Waals surface area contributed by atoms with Gasteiger partial charge in [0.15, 0.2) is 23.6 Å². The number of aliphatic hydroxyl groups excluding tert-OH is 2. The van der Waals surface area contributed by atoms with Crippen LogP contribution in [-0.4, -0.2) is 61.8 Å². The molecule has 8 nitrogen and oxygen atoms in total. The van der Waals surface area contributed by atoms with Gasteiger partial charge in [-0.25, -0.2) is 9.37 Å². The van der Waals surface area contributed by atoms with Gasteiger partial charge in [-0.3, -0.25) is 4.57 Å². The summed E-state index contributed by atoms with van der Waals surface area (Å²) in [5.74, 6) is 0.149. The number of fused-ring (bicyclic) bond motifs is 1. The van der Waals surface area contributed by atoms with Gasteiger partial charge in [-0.2, -0.15) is 9.97 Å². The summed E-state index contributed by atoms with van der Waals surface area (Å²) in [7, 11) is 1.40. The SMILES string of the molecule is COc1nc(Cl)nc2c1ncn2[C@@H]1O[C@H](CO)C(O)[C@H]1F. The Hall–Kier alpha value is -1.55.